The molecule has 0 bridgehead atoms. The van der Waals surface area contributed by atoms with Gasteiger partial charge in [-0.25, -0.2) is 4.79 Å². The van der Waals surface area contributed by atoms with Gasteiger partial charge in [0.25, 0.3) is 0 Å². The monoisotopic (exact) mass is 242 g/mol. The van der Waals surface area contributed by atoms with E-state index in [2.05, 4.69) is 0 Å². The average molecular weight is 242 g/mol. The van der Waals surface area contributed by atoms with Crippen LogP contribution >= 0.6 is 0 Å². The highest BCUT2D eigenvalue weighted by molar-refractivity contribution is 5.92. The summed E-state index contributed by atoms with van der Waals surface area (Å²) in [5.41, 5.74) is 0.669. The van der Waals surface area contributed by atoms with Crippen molar-refractivity contribution in [2.75, 3.05) is 0 Å². The molecule has 0 atom stereocenters. The van der Waals surface area contributed by atoms with Gasteiger partial charge in [-0.15, -0.1) is 0 Å². The van der Waals surface area contributed by atoms with Crippen molar-refractivity contribution in [2.45, 2.75) is 6.61 Å². The van der Waals surface area contributed by atoms with Crippen LogP contribution in [0.1, 0.15) is 16.3 Å². The maximum atomic E-state index is 11.8. The summed E-state index contributed by atoms with van der Waals surface area (Å²) in [5, 5.41) is 0.877. The normalized spacial score (nSPS) is 10.7. The third-order valence-corrected chi connectivity index (χ3v) is 2.55. The molecule has 3 aromatic rings. The smallest absolute Gasteiger partial charge is 0.374 e. The highest BCUT2D eigenvalue weighted by Gasteiger charge is 2.13. The van der Waals surface area contributed by atoms with E-state index >= 15 is 0 Å². The number of hydrogen-bond acceptors (Lipinski definition) is 4. The Morgan fingerprint density at radius 3 is 2.83 bits per heavy atom. The van der Waals surface area contributed by atoms with E-state index in [0.717, 1.165) is 5.39 Å². The molecule has 18 heavy (non-hydrogen) atoms. The van der Waals surface area contributed by atoms with Gasteiger partial charge in [-0.2, -0.15) is 0 Å². The van der Waals surface area contributed by atoms with Crippen LogP contribution in [0, 0.1) is 0 Å². The van der Waals surface area contributed by atoms with Gasteiger partial charge in [-0.3, -0.25) is 0 Å². The molecule has 0 fully saturated rings. The summed E-state index contributed by atoms with van der Waals surface area (Å²) in [6.07, 6.45) is 1.53. The minimum Gasteiger partial charge on any atom is -0.466 e. The predicted molar refractivity (Wildman–Crippen MR) is 64.0 cm³/mol. The quantitative estimate of drug-likeness (QED) is 0.660. The Hall–Kier alpha value is -2.49. The molecule has 4 heteroatoms. The first kappa shape index (κ1) is 10.7. The fourth-order valence-electron chi connectivity index (χ4n) is 1.68. The Kier molecular flexibility index (Phi) is 2.61. The second-order valence-electron chi connectivity index (χ2n) is 3.80. The van der Waals surface area contributed by atoms with E-state index in [4.69, 9.17) is 13.6 Å². The molecule has 2 aromatic heterocycles. The Bertz CT molecular complexity index is 631. The fourth-order valence-corrected chi connectivity index (χ4v) is 1.68. The summed E-state index contributed by atoms with van der Waals surface area (Å²) in [6, 6.07) is 12.6. The lowest BCUT2D eigenvalue weighted by Gasteiger charge is -1.99. The van der Waals surface area contributed by atoms with Crippen molar-refractivity contribution < 1.29 is 18.4 Å². The number of benzene rings is 1. The van der Waals surface area contributed by atoms with Crippen molar-refractivity contribution in [2.24, 2.45) is 0 Å². The van der Waals surface area contributed by atoms with Gasteiger partial charge < -0.3 is 13.6 Å². The Morgan fingerprint density at radius 2 is 2.06 bits per heavy atom. The van der Waals surface area contributed by atoms with Crippen molar-refractivity contribution in [1.82, 2.24) is 0 Å². The van der Waals surface area contributed by atoms with Crippen LogP contribution < -0.4 is 0 Å². The zero-order chi connectivity index (χ0) is 12.4. The first-order valence-electron chi connectivity index (χ1n) is 5.51. The van der Waals surface area contributed by atoms with Crippen LogP contribution in [0.3, 0.4) is 0 Å². The van der Waals surface area contributed by atoms with Crippen molar-refractivity contribution in [3.05, 3.63) is 60.2 Å². The van der Waals surface area contributed by atoms with E-state index < -0.39 is 5.97 Å². The SMILES string of the molecule is O=C(OCc1ccco1)c1cc2ccccc2o1. The molecule has 0 radical (unpaired) electrons. The first-order valence-corrected chi connectivity index (χ1v) is 5.51. The number of esters is 1. The maximum Gasteiger partial charge on any atom is 0.374 e. The van der Waals surface area contributed by atoms with E-state index in [1.807, 2.05) is 18.2 Å². The maximum absolute atomic E-state index is 11.8. The van der Waals surface area contributed by atoms with E-state index in [9.17, 15) is 4.79 Å². The second-order valence-corrected chi connectivity index (χ2v) is 3.80. The lowest BCUT2D eigenvalue weighted by molar-refractivity contribution is 0.0412. The van der Waals surface area contributed by atoms with Crippen LogP contribution in [0.15, 0.2) is 57.6 Å². The van der Waals surface area contributed by atoms with Gasteiger partial charge in [0.05, 0.1) is 6.26 Å². The lowest BCUT2D eigenvalue weighted by atomic mass is 10.2. The van der Waals surface area contributed by atoms with E-state index in [1.165, 1.54) is 6.26 Å². The molecule has 90 valence electrons. The molecule has 1 aromatic carbocycles. The van der Waals surface area contributed by atoms with Crippen LogP contribution in [-0.4, -0.2) is 5.97 Å². The molecule has 0 aliphatic carbocycles. The van der Waals surface area contributed by atoms with E-state index in [1.54, 1.807) is 24.3 Å². The van der Waals surface area contributed by atoms with Gasteiger partial charge in [0.1, 0.15) is 18.0 Å². The van der Waals surface area contributed by atoms with Gasteiger partial charge in [-0.1, -0.05) is 18.2 Å². The minimum atomic E-state index is -0.498. The van der Waals surface area contributed by atoms with Crippen LogP contribution in [0.5, 0.6) is 0 Å². The molecule has 2 heterocycles. The number of carbonyl (C=O) groups excluding carboxylic acids is 1. The van der Waals surface area contributed by atoms with Gasteiger partial charge >= 0.3 is 5.97 Å². The van der Waals surface area contributed by atoms with Crippen LogP contribution in [0.2, 0.25) is 0 Å². The second kappa shape index (κ2) is 4.41. The summed E-state index contributed by atoms with van der Waals surface area (Å²) in [6.45, 7) is 0.100. The van der Waals surface area contributed by atoms with Crippen molar-refractivity contribution in [3.63, 3.8) is 0 Å². The van der Waals surface area contributed by atoms with Crippen molar-refractivity contribution in [1.29, 1.82) is 0 Å². The molecule has 0 N–H and O–H groups in total. The summed E-state index contributed by atoms with van der Waals surface area (Å²) in [4.78, 5) is 11.8. The van der Waals surface area contributed by atoms with E-state index in [0.29, 0.717) is 11.3 Å². The molecular formula is C14H10O4. The largest absolute Gasteiger partial charge is 0.466 e. The Labute approximate surface area is 103 Å². The highest BCUT2D eigenvalue weighted by atomic mass is 16.6. The fraction of sp³-hybridized carbons (Fsp3) is 0.0714. The lowest BCUT2D eigenvalue weighted by Crippen LogP contribution is -2.03. The number of hydrogen-bond donors (Lipinski definition) is 0. The number of para-hydroxylation sites is 1. The molecule has 0 aliphatic heterocycles. The number of rotatable bonds is 3. The standard InChI is InChI=1S/C14H10O4/c15-14(17-9-11-5-3-7-16-11)13-8-10-4-1-2-6-12(10)18-13/h1-8H,9H2. The molecule has 3 rings (SSSR count). The van der Waals surface area contributed by atoms with Crippen LogP contribution in [0.25, 0.3) is 11.0 Å². The van der Waals surface area contributed by atoms with Gasteiger partial charge in [-0.05, 0) is 24.3 Å². The van der Waals surface area contributed by atoms with Gasteiger partial charge in [0.15, 0.2) is 0 Å². The van der Waals surface area contributed by atoms with Crippen molar-refractivity contribution in [3.8, 4) is 0 Å². The summed E-state index contributed by atoms with van der Waals surface area (Å²) in [5.74, 6) is 0.296. The molecule has 0 saturated carbocycles. The highest BCUT2D eigenvalue weighted by Crippen LogP contribution is 2.19. The predicted octanol–water partition coefficient (Wildman–Crippen LogP) is 3.38. The molecule has 0 spiro atoms. The molecular weight excluding hydrogens is 232 g/mol. The van der Waals surface area contributed by atoms with Crippen molar-refractivity contribution >= 4 is 16.9 Å². The zero-order valence-electron chi connectivity index (χ0n) is 9.46. The molecule has 0 unspecified atom stereocenters. The van der Waals surface area contributed by atoms with Crippen LogP contribution in [0.4, 0.5) is 0 Å². The van der Waals surface area contributed by atoms with Crippen LogP contribution in [-0.2, 0) is 11.3 Å². The zero-order valence-corrected chi connectivity index (χ0v) is 9.46. The molecule has 0 amide bonds. The summed E-state index contributed by atoms with van der Waals surface area (Å²) >= 11 is 0. The number of fused-ring (bicyclic) bond motifs is 1. The topological polar surface area (TPSA) is 52.6 Å². The number of furan rings is 2. The molecule has 0 saturated heterocycles. The Balaban J connectivity index is 1.75. The first-order chi connectivity index (χ1) is 8.83. The number of carbonyl (C=O) groups is 1. The average Bonchev–Trinajstić information content (AvgIpc) is 3.04. The Morgan fingerprint density at radius 1 is 1.17 bits per heavy atom. The van der Waals surface area contributed by atoms with Gasteiger partial charge in [0.2, 0.25) is 5.76 Å². The third kappa shape index (κ3) is 2.00. The third-order valence-electron chi connectivity index (χ3n) is 2.55. The summed E-state index contributed by atoms with van der Waals surface area (Å²) in [7, 11) is 0. The van der Waals surface area contributed by atoms with E-state index in [-0.39, 0.29) is 12.4 Å². The minimum absolute atomic E-state index is 0.100. The van der Waals surface area contributed by atoms with Gasteiger partial charge in [0, 0.05) is 5.39 Å². The molecule has 4 nitrogen and oxygen atoms in total. The summed E-state index contributed by atoms with van der Waals surface area (Å²) < 4.78 is 15.5. The molecule has 0 aliphatic rings. The number of ether oxygens (including phenoxy) is 1.